The third-order valence-corrected chi connectivity index (χ3v) is 4.96. The molecule has 2 aliphatic heterocycles. The molecule has 3 amide bonds. The highest BCUT2D eigenvalue weighted by Gasteiger charge is 2.53. The smallest absolute Gasteiger partial charge is 0.325 e. The van der Waals surface area contributed by atoms with Crippen LogP contribution in [0, 0.1) is 5.92 Å². The number of amides is 3. The Kier molecular flexibility index (Phi) is 4.14. The van der Waals surface area contributed by atoms with E-state index in [9.17, 15) is 9.59 Å². The number of nitrogens with zero attached hydrogens (tertiary/aromatic N) is 3. The van der Waals surface area contributed by atoms with E-state index >= 15 is 0 Å². The highest BCUT2D eigenvalue weighted by Crippen LogP contribution is 2.33. The van der Waals surface area contributed by atoms with Crippen LogP contribution < -0.4 is 5.32 Å². The summed E-state index contributed by atoms with van der Waals surface area (Å²) < 4.78 is 5.17. The SMILES string of the molecule is CC(C)N1C(=O)NC(C)(C2CCCN(Cc3ccno3)C2)C1=O. The first-order chi connectivity index (χ1) is 10.9. The zero-order valence-corrected chi connectivity index (χ0v) is 13.9. The lowest BCUT2D eigenvalue weighted by Gasteiger charge is -2.39. The summed E-state index contributed by atoms with van der Waals surface area (Å²) in [6.45, 7) is 7.99. The van der Waals surface area contributed by atoms with E-state index in [1.807, 2.05) is 26.8 Å². The molecule has 2 unspecified atom stereocenters. The molecule has 3 rings (SSSR count). The van der Waals surface area contributed by atoms with Crippen LogP contribution in [0.3, 0.4) is 0 Å². The van der Waals surface area contributed by atoms with Crippen LogP contribution in [0.5, 0.6) is 0 Å². The molecule has 7 heteroatoms. The second-order valence-electron chi connectivity index (χ2n) is 6.95. The van der Waals surface area contributed by atoms with E-state index in [-0.39, 0.29) is 23.9 Å². The van der Waals surface area contributed by atoms with Gasteiger partial charge in [-0.3, -0.25) is 14.6 Å². The van der Waals surface area contributed by atoms with Gasteiger partial charge in [-0.1, -0.05) is 5.16 Å². The third kappa shape index (κ3) is 2.85. The summed E-state index contributed by atoms with van der Waals surface area (Å²) in [5.41, 5.74) is -0.818. The first kappa shape index (κ1) is 16.0. The summed E-state index contributed by atoms with van der Waals surface area (Å²) >= 11 is 0. The van der Waals surface area contributed by atoms with Crippen LogP contribution in [-0.4, -0.2) is 51.6 Å². The number of piperidine rings is 1. The van der Waals surface area contributed by atoms with E-state index in [1.165, 1.54) is 4.90 Å². The van der Waals surface area contributed by atoms with Crippen molar-refractivity contribution in [1.29, 1.82) is 0 Å². The number of carbonyl (C=O) groups is 2. The Bertz CT molecular complexity index is 586. The Labute approximate surface area is 136 Å². The van der Waals surface area contributed by atoms with Crippen molar-refractivity contribution in [2.24, 2.45) is 5.92 Å². The fourth-order valence-electron chi connectivity index (χ4n) is 3.64. The molecule has 0 spiro atoms. The minimum absolute atomic E-state index is 0.0966. The molecule has 2 atom stereocenters. The van der Waals surface area contributed by atoms with Crippen LogP contribution in [0.2, 0.25) is 0 Å². The van der Waals surface area contributed by atoms with Gasteiger partial charge < -0.3 is 9.84 Å². The number of rotatable bonds is 4. The van der Waals surface area contributed by atoms with Gasteiger partial charge in [-0.25, -0.2) is 4.79 Å². The van der Waals surface area contributed by atoms with Gasteiger partial charge in [-0.15, -0.1) is 0 Å². The third-order valence-electron chi connectivity index (χ3n) is 4.96. The van der Waals surface area contributed by atoms with Crippen molar-refractivity contribution in [2.75, 3.05) is 13.1 Å². The summed E-state index contributed by atoms with van der Waals surface area (Å²) in [7, 11) is 0. The Hall–Kier alpha value is -1.89. The molecule has 126 valence electrons. The minimum Gasteiger partial charge on any atom is -0.360 e. The van der Waals surface area contributed by atoms with Crippen LogP contribution in [0.25, 0.3) is 0 Å². The van der Waals surface area contributed by atoms with Crippen LogP contribution in [0.15, 0.2) is 16.8 Å². The van der Waals surface area contributed by atoms with Gasteiger partial charge in [0.2, 0.25) is 0 Å². The van der Waals surface area contributed by atoms with Gasteiger partial charge in [-0.05, 0) is 40.2 Å². The van der Waals surface area contributed by atoms with Crippen LogP contribution in [0.4, 0.5) is 4.79 Å². The van der Waals surface area contributed by atoms with E-state index < -0.39 is 5.54 Å². The summed E-state index contributed by atoms with van der Waals surface area (Å²) in [6, 6.07) is 1.45. The van der Waals surface area contributed by atoms with Crippen molar-refractivity contribution in [3.63, 3.8) is 0 Å². The monoisotopic (exact) mass is 320 g/mol. The van der Waals surface area contributed by atoms with Gasteiger partial charge in [0.15, 0.2) is 5.76 Å². The standard InChI is InChI=1S/C16H24N4O3/c1-11(2)20-14(21)16(3,18-15(20)22)12-5-4-8-19(9-12)10-13-6-7-17-23-13/h6-7,11-12H,4-5,8-10H2,1-3H3,(H,18,22). The van der Waals surface area contributed by atoms with Crippen molar-refractivity contribution in [1.82, 2.24) is 20.3 Å². The number of hydrogen-bond donors (Lipinski definition) is 1. The van der Waals surface area contributed by atoms with E-state index in [0.717, 1.165) is 31.7 Å². The van der Waals surface area contributed by atoms with E-state index in [4.69, 9.17) is 4.52 Å². The van der Waals surface area contributed by atoms with Crippen molar-refractivity contribution < 1.29 is 14.1 Å². The summed E-state index contributed by atoms with van der Waals surface area (Å²) in [4.78, 5) is 28.6. The number of likely N-dealkylation sites (tertiary alicyclic amines) is 1. The highest BCUT2D eigenvalue weighted by molar-refractivity contribution is 6.07. The predicted octanol–water partition coefficient (Wildman–Crippen LogP) is 1.61. The molecular formula is C16H24N4O3. The average molecular weight is 320 g/mol. The Morgan fingerprint density at radius 2 is 2.26 bits per heavy atom. The molecule has 1 N–H and O–H groups in total. The summed E-state index contributed by atoms with van der Waals surface area (Å²) in [5.74, 6) is 0.810. The maximum absolute atomic E-state index is 12.8. The second-order valence-corrected chi connectivity index (χ2v) is 6.95. The first-order valence-corrected chi connectivity index (χ1v) is 8.19. The second kappa shape index (κ2) is 5.96. The minimum atomic E-state index is -0.818. The van der Waals surface area contributed by atoms with E-state index in [2.05, 4.69) is 15.4 Å². The molecule has 2 aliphatic rings. The van der Waals surface area contributed by atoms with Crippen molar-refractivity contribution in [3.8, 4) is 0 Å². The van der Waals surface area contributed by atoms with Crippen LogP contribution >= 0.6 is 0 Å². The van der Waals surface area contributed by atoms with Gasteiger partial charge in [0.25, 0.3) is 5.91 Å². The predicted molar refractivity (Wildman–Crippen MR) is 83.4 cm³/mol. The molecule has 1 aromatic heterocycles. The Morgan fingerprint density at radius 3 is 2.87 bits per heavy atom. The van der Waals surface area contributed by atoms with Crippen molar-refractivity contribution in [3.05, 3.63) is 18.0 Å². The van der Waals surface area contributed by atoms with Crippen LogP contribution in [-0.2, 0) is 11.3 Å². The highest BCUT2D eigenvalue weighted by atomic mass is 16.5. The number of carbonyl (C=O) groups excluding carboxylic acids is 2. The lowest BCUT2D eigenvalue weighted by atomic mass is 9.80. The van der Waals surface area contributed by atoms with E-state index in [0.29, 0.717) is 6.54 Å². The molecule has 2 saturated heterocycles. The van der Waals surface area contributed by atoms with Crippen molar-refractivity contribution >= 4 is 11.9 Å². The largest absolute Gasteiger partial charge is 0.360 e. The first-order valence-electron chi connectivity index (χ1n) is 8.19. The average Bonchev–Trinajstić information content (AvgIpc) is 3.07. The van der Waals surface area contributed by atoms with E-state index in [1.54, 1.807) is 6.20 Å². The number of imide groups is 1. The number of aromatic nitrogens is 1. The molecule has 2 fully saturated rings. The molecule has 7 nitrogen and oxygen atoms in total. The molecule has 0 bridgehead atoms. The lowest BCUT2D eigenvalue weighted by molar-refractivity contribution is -0.134. The molecule has 0 radical (unpaired) electrons. The Balaban J connectivity index is 1.73. The molecular weight excluding hydrogens is 296 g/mol. The number of urea groups is 1. The molecule has 1 aromatic rings. The molecule has 3 heterocycles. The van der Waals surface area contributed by atoms with Gasteiger partial charge in [-0.2, -0.15) is 0 Å². The normalized spacial score (nSPS) is 29.4. The van der Waals surface area contributed by atoms with Gasteiger partial charge in [0.05, 0.1) is 12.7 Å². The van der Waals surface area contributed by atoms with Gasteiger partial charge in [0, 0.05) is 24.6 Å². The fraction of sp³-hybridized carbons (Fsp3) is 0.688. The number of nitrogens with one attached hydrogen (secondary N) is 1. The zero-order valence-electron chi connectivity index (χ0n) is 13.9. The lowest BCUT2D eigenvalue weighted by Crippen LogP contribution is -2.55. The van der Waals surface area contributed by atoms with Crippen molar-refractivity contribution in [2.45, 2.75) is 51.7 Å². The topological polar surface area (TPSA) is 78.7 Å². The fourth-order valence-corrected chi connectivity index (χ4v) is 3.64. The Morgan fingerprint density at radius 1 is 1.48 bits per heavy atom. The molecule has 23 heavy (non-hydrogen) atoms. The molecule has 0 saturated carbocycles. The number of hydrogen-bond acceptors (Lipinski definition) is 5. The van der Waals surface area contributed by atoms with Crippen LogP contribution in [0.1, 0.15) is 39.4 Å². The summed E-state index contributed by atoms with van der Waals surface area (Å²) in [5, 5.41) is 6.67. The zero-order chi connectivity index (χ0) is 16.6. The summed E-state index contributed by atoms with van der Waals surface area (Å²) in [6.07, 6.45) is 3.57. The molecule has 0 aliphatic carbocycles. The quantitative estimate of drug-likeness (QED) is 0.853. The van der Waals surface area contributed by atoms with Gasteiger partial charge in [0.1, 0.15) is 5.54 Å². The molecule has 0 aromatic carbocycles. The maximum Gasteiger partial charge on any atom is 0.325 e. The van der Waals surface area contributed by atoms with Gasteiger partial charge >= 0.3 is 6.03 Å². The maximum atomic E-state index is 12.8.